The number of likely N-dealkylation sites (tertiary alicyclic amines) is 1. The van der Waals surface area contributed by atoms with E-state index in [1.165, 1.54) is 12.5 Å². The van der Waals surface area contributed by atoms with E-state index in [-0.39, 0.29) is 28.1 Å². The smallest absolute Gasteiger partial charge is 0.418 e. The Hall–Kier alpha value is -2.85. The van der Waals surface area contributed by atoms with Crippen molar-refractivity contribution < 1.29 is 17.9 Å². The molecule has 2 saturated heterocycles. The van der Waals surface area contributed by atoms with Crippen LogP contribution in [0.3, 0.4) is 0 Å². The van der Waals surface area contributed by atoms with Gasteiger partial charge in [-0.05, 0) is 68.8 Å². The zero-order valence-corrected chi connectivity index (χ0v) is 21.2. The van der Waals surface area contributed by atoms with Crippen LogP contribution in [0, 0.1) is 11.8 Å². The second kappa shape index (κ2) is 9.16. The van der Waals surface area contributed by atoms with Crippen LogP contribution < -0.4 is 15.4 Å². The van der Waals surface area contributed by atoms with Crippen molar-refractivity contribution in [2.24, 2.45) is 11.8 Å². The number of halogens is 4. The first-order valence-corrected chi connectivity index (χ1v) is 13.0. The molecule has 3 aliphatic rings. The molecule has 3 fully saturated rings. The van der Waals surface area contributed by atoms with Gasteiger partial charge in [-0.2, -0.15) is 23.1 Å². The van der Waals surface area contributed by atoms with Crippen molar-refractivity contribution in [3.63, 3.8) is 0 Å². The Balaban J connectivity index is 1.44. The van der Waals surface area contributed by atoms with Crippen LogP contribution in [0.2, 0.25) is 5.02 Å². The molecule has 6 rings (SSSR count). The second-order valence-electron chi connectivity index (χ2n) is 10.3. The standard InChI is InChI=1S/C26H28ClF3N6O/c1-35-12-14-9-15(14)21(35)13-37-25-32-20-11-16(23-18(26(28,29)30)5-6-22(31)33-23)19(27)10-17(20)24(34-25)36-7-3-2-4-8-36/h5-6,10-11,14-15,21H,2-4,7-9,12-13H2,1H3,(H2,31,33)/t14-,15-,21-/m1/s1. The quantitative estimate of drug-likeness (QED) is 0.480. The predicted molar refractivity (Wildman–Crippen MR) is 137 cm³/mol. The number of benzene rings is 1. The van der Waals surface area contributed by atoms with E-state index in [2.05, 4.69) is 26.8 Å². The highest BCUT2D eigenvalue weighted by atomic mass is 35.5. The van der Waals surface area contributed by atoms with Gasteiger partial charge < -0.3 is 15.4 Å². The van der Waals surface area contributed by atoms with Gasteiger partial charge in [0.2, 0.25) is 0 Å². The molecule has 0 radical (unpaired) electrons. The molecule has 11 heteroatoms. The first-order chi connectivity index (χ1) is 17.7. The monoisotopic (exact) mass is 532 g/mol. The van der Waals surface area contributed by atoms with Crippen LogP contribution in [0.25, 0.3) is 22.2 Å². The second-order valence-corrected chi connectivity index (χ2v) is 10.7. The number of piperidine rings is 2. The van der Waals surface area contributed by atoms with E-state index in [4.69, 9.17) is 27.1 Å². The highest BCUT2D eigenvalue weighted by Gasteiger charge is 2.51. The summed E-state index contributed by atoms with van der Waals surface area (Å²) >= 11 is 6.59. The van der Waals surface area contributed by atoms with Gasteiger partial charge in [0.05, 0.1) is 21.8 Å². The van der Waals surface area contributed by atoms with Crippen LogP contribution in [0.4, 0.5) is 24.8 Å². The van der Waals surface area contributed by atoms with Gasteiger partial charge in [0.1, 0.15) is 18.2 Å². The molecule has 4 heterocycles. The third kappa shape index (κ3) is 4.65. The van der Waals surface area contributed by atoms with Gasteiger partial charge in [-0.3, -0.25) is 4.90 Å². The number of anilines is 2. The van der Waals surface area contributed by atoms with Gasteiger partial charge in [0.25, 0.3) is 0 Å². The van der Waals surface area contributed by atoms with Crippen LogP contribution in [0.15, 0.2) is 24.3 Å². The third-order valence-electron chi connectivity index (χ3n) is 7.82. The number of rotatable bonds is 5. The van der Waals surface area contributed by atoms with Crippen molar-refractivity contribution >= 4 is 34.1 Å². The first-order valence-electron chi connectivity index (χ1n) is 12.6. The van der Waals surface area contributed by atoms with Gasteiger partial charge in [0.15, 0.2) is 0 Å². The minimum atomic E-state index is -4.62. The Morgan fingerprint density at radius 1 is 1.11 bits per heavy atom. The molecule has 0 bridgehead atoms. The summed E-state index contributed by atoms with van der Waals surface area (Å²) in [7, 11) is 2.10. The molecule has 1 saturated carbocycles. The predicted octanol–water partition coefficient (Wildman–Crippen LogP) is 5.27. The fraction of sp³-hybridized carbons (Fsp3) is 0.500. The summed E-state index contributed by atoms with van der Waals surface area (Å²) in [5, 5.41) is 0.791. The third-order valence-corrected chi connectivity index (χ3v) is 8.13. The fourth-order valence-electron chi connectivity index (χ4n) is 5.81. The van der Waals surface area contributed by atoms with Crippen molar-refractivity contribution in [3.05, 3.63) is 34.9 Å². The molecule has 3 aromatic rings. The number of pyridine rings is 1. The maximum absolute atomic E-state index is 13.8. The number of alkyl halides is 3. The van der Waals surface area contributed by atoms with E-state index in [0.29, 0.717) is 35.3 Å². The summed E-state index contributed by atoms with van der Waals surface area (Å²) in [6, 6.07) is 5.76. The first kappa shape index (κ1) is 24.5. The normalized spacial score (nSPS) is 23.9. The number of nitrogens with two attached hydrogens (primary N) is 1. The van der Waals surface area contributed by atoms with Crippen molar-refractivity contribution in [1.29, 1.82) is 0 Å². The van der Waals surface area contributed by atoms with Gasteiger partial charge in [-0.15, -0.1) is 0 Å². The lowest BCUT2D eigenvalue weighted by Crippen LogP contribution is -2.35. The summed E-state index contributed by atoms with van der Waals surface area (Å²) < 4.78 is 47.6. The minimum absolute atomic E-state index is 0.0288. The number of nitrogens with zero attached hydrogens (tertiary/aromatic N) is 5. The number of hydrogen-bond donors (Lipinski definition) is 1. The summed E-state index contributed by atoms with van der Waals surface area (Å²) in [5.74, 6) is 2.05. The molecule has 0 unspecified atom stereocenters. The van der Waals surface area contributed by atoms with Gasteiger partial charge in [-0.25, -0.2) is 4.98 Å². The molecular weight excluding hydrogens is 505 g/mol. The molecule has 0 amide bonds. The fourth-order valence-corrected chi connectivity index (χ4v) is 6.06. The SMILES string of the molecule is CN1C[C@H]2C[C@H]2[C@H]1COc1nc(N2CCCCC2)c2cc(Cl)c(-c3nc(N)ccc3C(F)(F)F)cc2n1. The van der Waals surface area contributed by atoms with Crippen molar-refractivity contribution in [2.75, 3.05) is 43.9 Å². The molecule has 37 heavy (non-hydrogen) atoms. The van der Waals surface area contributed by atoms with E-state index in [1.807, 2.05) is 0 Å². The van der Waals surface area contributed by atoms with Crippen molar-refractivity contribution in [3.8, 4) is 17.3 Å². The maximum Gasteiger partial charge on any atom is 0.418 e. The summed E-state index contributed by atoms with van der Waals surface area (Å²) in [6.45, 7) is 3.20. The molecular formula is C26H28ClF3N6O. The number of nitrogen functional groups attached to an aromatic ring is 1. The van der Waals surface area contributed by atoms with E-state index in [9.17, 15) is 13.2 Å². The van der Waals surface area contributed by atoms with Gasteiger partial charge in [-0.1, -0.05) is 11.6 Å². The zero-order chi connectivity index (χ0) is 25.9. The Labute approximate surface area is 217 Å². The Morgan fingerprint density at radius 3 is 2.59 bits per heavy atom. The van der Waals surface area contributed by atoms with Crippen molar-refractivity contribution in [1.82, 2.24) is 19.9 Å². The van der Waals surface area contributed by atoms with E-state index < -0.39 is 11.7 Å². The zero-order valence-electron chi connectivity index (χ0n) is 20.4. The average Bonchev–Trinajstić information content (AvgIpc) is 3.54. The van der Waals surface area contributed by atoms with Crippen LogP contribution in [0.1, 0.15) is 31.2 Å². The number of ether oxygens (including phenoxy) is 1. The molecule has 196 valence electrons. The maximum atomic E-state index is 13.8. The lowest BCUT2D eigenvalue weighted by molar-refractivity contribution is -0.137. The Kier molecular flexibility index (Phi) is 6.06. The molecule has 7 nitrogen and oxygen atoms in total. The number of likely N-dealkylation sites (N-methyl/N-ethyl adjacent to an activating group) is 1. The number of hydrogen-bond acceptors (Lipinski definition) is 7. The van der Waals surface area contributed by atoms with E-state index in [0.717, 1.165) is 56.9 Å². The molecule has 2 aliphatic heterocycles. The summed E-state index contributed by atoms with van der Waals surface area (Å²) in [5.41, 5.74) is 5.09. The Morgan fingerprint density at radius 2 is 1.89 bits per heavy atom. The highest BCUT2D eigenvalue weighted by molar-refractivity contribution is 6.34. The highest BCUT2D eigenvalue weighted by Crippen LogP contribution is 2.49. The van der Waals surface area contributed by atoms with Crippen molar-refractivity contribution in [2.45, 2.75) is 37.9 Å². The van der Waals surface area contributed by atoms with Gasteiger partial charge >= 0.3 is 12.2 Å². The van der Waals surface area contributed by atoms with Gasteiger partial charge in [0, 0.05) is 36.6 Å². The van der Waals surface area contributed by atoms with Crippen LogP contribution in [-0.2, 0) is 6.18 Å². The summed E-state index contributed by atoms with van der Waals surface area (Å²) in [6.07, 6.45) is -0.184. The molecule has 1 aliphatic carbocycles. The molecule has 2 N–H and O–H groups in total. The topological polar surface area (TPSA) is 80.4 Å². The number of aromatic nitrogens is 3. The molecule has 0 spiro atoms. The summed E-state index contributed by atoms with van der Waals surface area (Å²) in [4.78, 5) is 17.9. The largest absolute Gasteiger partial charge is 0.462 e. The van der Waals surface area contributed by atoms with Crippen LogP contribution in [0.5, 0.6) is 6.01 Å². The van der Waals surface area contributed by atoms with E-state index in [1.54, 1.807) is 6.07 Å². The van der Waals surface area contributed by atoms with Crippen LogP contribution in [-0.4, -0.2) is 59.2 Å². The Bertz CT molecular complexity index is 1340. The van der Waals surface area contributed by atoms with E-state index >= 15 is 0 Å². The molecule has 3 atom stereocenters. The van der Waals surface area contributed by atoms with Crippen LogP contribution >= 0.6 is 11.6 Å². The lowest BCUT2D eigenvalue weighted by atomic mass is 10.0. The lowest BCUT2D eigenvalue weighted by Gasteiger charge is -2.29. The molecule has 1 aromatic carbocycles. The molecule has 2 aromatic heterocycles. The minimum Gasteiger partial charge on any atom is -0.462 e. The average molecular weight is 533 g/mol. The number of fused-ring (bicyclic) bond motifs is 2.